The van der Waals surface area contributed by atoms with Gasteiger partial charge in [-0.25, -0.2) is 0 Å². The maximum atomic E-state index is 11.5. The molecule has 4 N–H and O–H groups in total. The summed E-state index contributed by atoms with van der Waals surface area (Å²) in [7, 11) is 0. The van der Waals surface area contributed by atoms with E-state index in [1.807, 2.05) is 0 Å². The Hall–Kier alpha value is -1.22. The van der Waals surface area contributed by atoms with Crippen molar-refractivity contribution in [3.8, 4) is 0 Å². The van der Waals surface area contributed by atoms with E-state index in [0.717, 1.165) is 12.8 Å². The van der Waals surface area contributed by atoms with Crippen LogP contribution in [0.15, 0.2) is 0 Å². The van der Waals surface area contributed by atoms with Gasteiger partial charge in [0.2, 0.25) is 0 Å². The smallest absolute Gasteiger partial charge is 0.0606 e. The molecule has 10 atom stereocenters. The van der Waals surface area contributed by atoms with Crippen molar-refractivity contribution < 1.29 is 19.8 Å². The molecule has 4 aliphatic heterocycles. The summed E-state index contributed by atoms with van der Waals surface area (Å²) in [5, 5.41) is 37.8. The van der Waals surface area contributed by atoms with Crippen molar-refractivity contribution in [3.63, 3.8) is 0 Å². The molecule has 4 saturated heterocycles. The van der Waals surface area contributed by atoms with E-state index in [1.165, 1.54) is 38.5 Å². The molecule has 8 heteroatoms. The van der Waals surface area contributed by atoms with E-state index in [0.29, 0.717) is 42.4 Å². The summed E-state index contributed by atoms with van der Waals surface area (Å²) in [6, 6.07) is -0.108. The van der Waals surface area contributed by atoms with Gasteiger partial charge in [0.15, 0.2) is 0 Å². The lowest BCUT2D eigenvalue weighted by atomic mass is 9.61. The maximum Gasteiger partial charge on any atom is 0.0606 e. The molecule has 10 unspecified atom stereocenters. The second kappa shape index (κ2) is 8.22. The summed E-state index contributed by atoms with van der Waals surface area (Å²) >= 11 is 0. The molecule has 2 saturated carbocycles. The van der Waals surface area contributed by atoms with Crippen molar-refractivity contribution in [1.82, 2.24) is 21.3 Å². The molecular weight excluding hydrogens is 408 g/mol. The van der Waals surface area contributed by atoms with Crippen LogP contribution in [-0.4, -0.2) is 54.4 Å². The maximum absolute atomic E-state index is 11.5. The number of aliphatic carboxylic acids is 2. The molecule has 6 aliphatic rings. The molecule has 0 aromatic rings. The topological polar surface area (TPSA) is 128 Å². The van der Waals surface area contributed by atoms with Gasteiger partial charge in [-0.05, 0) is 93.8 Å². The van der Waals surface area contributed by atoms with E-state index in [9.17, 15) is 19.8 Å². The van der Waals surface area contributed by atoms with Gasteiger partial charge in [-0.15, -0.1) is 0 Å². The van der Waals surface area contributed by atoms with Gasteiger partial charge in [0, 0.05) is 36.3 Å². The summed E-state index contributed by atoms with van der Waals surface area (Å²) in [6.07, 6.45) is 10.7. The highest BCUT2D eigenvalue weighted by Crippen LogP contribution is 2.47. The van der Waals surface area contributed by atoms with E-state index < -0.39 is 24.0 Å². The summed E-state index contributed by atoms with van der Waals surface area (Å²) < 4.78 is 0. The Bertz CT molecular complexity index is 704. The Kier molecular flexibility index (Phi) is 5.48. The van der Waals surface area contributed by atoms with Crippen molar-refractivity contribution in [2.24, 2.45) is 29.6 Å². The summed E-state index contributed by atoms with van der Waals surface area (Å²) in [6.45, 7) is 0. The average molecular weight is 445 g/mol. The fourth-order valence-electron chi connectivity index (χ4n) is 8.53. The first-order chi connectivity index (χ1) is 15.5. The molecule has 0 spiro atoms. The van der Waals surface area contributed by atoms with Crippen LogP contribution < -0.4 is 31.5 Å². The Morgan fingerprint density at radius 1 is 0.500 bits per heavy atom. The zero-order valence-corrected chi connectivity index (χ0v) is 18.6. The molecule has 4 heterocycles. The van der Waals surface area contributed by atoms with Crippen LogP contribution in [0.2, 0.25) is 0 Å². The highest BCUT2D eigenvalue weighted by Gasteiger charge is 2.52. The monoisotopic (exact) mass is 444 g/mol. The third kappa shape index (κ3) is 3.58. The van der Waals surface area contributed by atoms with Crippen molar-refractivity contribution >= 4 is 11.9 Å². The summed E-state index contributed by atoms with van der Waals surface area (Å²) in [5.74, 6) is 0.900. The first kappa shape index (κ1) is 21.3. The van der Waals surface area contributed by atoms with Crippen molar-refractivity contribution in [2.45, 2.75) is 107 Å². The lowest BCUT2D eigenvalue weighted by Gasteiger charge is -2.59. The van der Waals surface area contributed by atoms with Crippen LogP contribution in [0.25, 0.3) is 0 Å². The zero-order chi connectivity index (χ0) is 22.0. The van der Waals surface area contributed by atoms with Crippen LogP contribution in [0.3, 0.4) is 0 Å². The zero-order valence-electron chi connectivity index (χ0n) is 18.6. The van der Waals surface area contributed by atoms with E-state index >= 15 is 0 Å². The molecule has 0 radical (unpaired) electrons. The van der Waals surface area contributed by atoms with E-state index in [1.54, 1.807) is 0 Å². The normalized spacial score (nSPS) is 52.4. The number of carboxylic acid groups (broad SMARTS) is 2. The minimum Gasteiger partial charge on any atom is -0.548 e. The standard InChI is InChI=1S/C24H38N4O4/c29-23(30)16-7-5-11-1-3-13-9-15-10-14-4-2-12-6-8-17(24(31)32)26-19(12)21(14)28-22(15)27-20(13)18(11)25-16/h11-22,25-28H,1-10H2,(H,29,30)(H,31,32)/p-2. The Morgan fingerprint density at radius 2 is 0.875 bits per heavy atom. The van der Waals surface area contributed by atoms with Crippen LogP contribution in [0.1, 0.15) is 64.2 Å². The number of hydrogen-bond acceptors (Lipinski definition) is 8. The van der Waals surface area contributed by atoms with Crippen LogP contribution in [-0.2, 0) is 9.59 Å². The molecule has 32 heavy (non-hydrogen) atoms. The number of rotatable bonds is 2. The predicted molar refractivity (Wildman–Crippen MR) is 113 cm³/mol. The van der Waals surface area contributed by atoms with E-state index in [-0.39, 0.29) is 30.3 Å². The highest BCUT2D eigenvalue weighted by atomic mass is 16.4. The number of carbonyl (C=O) groups is 2. The number of nitrogens with one attached hydrogen (secondary N) is 4. The molecule has 6 fully saturated rings. The lowest BCUT2D eigenvalue weighted by molar-refractivity contribution is -0.310. The first-order valence-electron chi connectivity index (χ1n) is 12.9. The van der Waals surface area contributed by atoms with Gasteiger partial charge in [-0.2, -0.15) is 0 Å². The summed E-state index contributed by atoms with van der Waals surface area (Å²) in [5.41, 5.74) is 0. The number of hydrogen-bond donors (Lipinski definition) is 4. The van der Waals surface area contributed by atoms with Crippen LogP contribution in [0.5, 0.6) is 0 Å². The van der Waals surface area contributed by atoms with Gasteiger partial charge >= 0.3 is 0 Å². The summed E-state index contributed by atoms with van der Waals surface area (Å²) in [4.78, 5) is 23.0. The van der Waals surface area contributed by atoms with Crippen molar-refractivity contribution in [2.75, 3.05) is 0 Å². The lowest BCUT2D eigenvalue weighted by Crippen LogP contribution is -2.75. The largest absolute Gasteiger partial charge is 0.548 e. The van der Waals surface area contributed by atoms with E-state index in [4.69, 9.17) is 0 Å². The van der Waals surface area contributed by atoms with Crippen LogP contribution >= 0.6 is 0 Å². The van der Waals surface area contributed by atoms with Crippen LogP contribution in [0.4, 0.5) is 0 Å². The molecule has 178 valence electrons. The minimum absolute atomic E-state index is 0.195. The number of carboxylic acids is 2. The Morgan fingerprint density at radius 3 is 1.31 bits per heavy atom. The van der Waals surface area contributed by atoms with Gasteiger partial charge in [-0.1, -0.05) is 0 Å². The van der Waals surface area contributed by atoms with Gasteiger partial charge in [0.05, 0.1) is 18.1 Å². The molecule has 6 rings (SSSR count). The van der Waals surface area contributed by atoms with Crippen molar-refractivity contribution in [3.05, 3.63) is 0 Å². The Balaban J connectivity index is 1.18. The molecule has 0 aromatic heterocycles. The molecule has 8 nitrogen and oxygen atoms in total. The molecule has 0 amide bonds. The van der Waals surface area contributed by atoms with Crippen LogP contribution in [0, 0.1) is 29.6 Å². The van der Waals surface area contributed by atoms with Gasteiger partial charge in [0.25, 0.3) is 0 Å². The quantitative estimate of drug-likeness (QED) is 0.403. The third-order valence-corrected chi connectivity index (χ3v) is 10.1. The molecule has 0 aromatic carbocycles. The van der Waals surface area contributed by atoms with E-state index in [2.05, 4.69) is 21.3 Å². The number of carbonyl (C=O) groups excluding carboxylic acids is 2. The first-order valence-corrected chi connectivity index (χ1v) is 12.9. The van der Waals surface area contributed by atoms with Gasteiger partial charge in [-0.3, -0.25) is 10.6 Å². The predicted octanol–water partition coefficient (Wildman–Crippen LogP) is -1.55. The van der Waals surface area contributed by atoms with Gasteiger partial charge in [0.1, 0.15) is 0 Å². The molecule has 2 aliphatic carbocycles. The Labute approximate surface area is 189 Å². The second-order valence-electron chi connectivity index (χ2n) is 11.6. The number of fused-ring (bicyclic) bond motifs is 7. The average Bonchev–Trinajstić information content (AvgIpc) is 2.80. The fraction of sp³-hybridized carbons (Fsp3) is 0.917. The molecule has 0 bridgehead atoms. The fourth-order valence-corrected chi connectivity index (χ4v) is 8.53. The second-order valence-corrected chi connectivity index (χ2v) is 11.6. The highest BCUT2D eigenvalue weighted by molar-refractivity contribution is 5.71. The minimum atomic E-state index is -0.975. The SMILES string of the molecule is O=C([O-])C1CCC2CCC3CC4CC5CCC6CCC(C(=O)[O-])NC6C5NC4NC3C2N1. The van der Waals surface area contributed by atoms with Crippen molar-refractivity contribution in [1.29, 1.82) is 0 Å². The third-order valence-electron chi connectivity index (χ3n) is 10.1. The molecular formula is C24H36N4O4-2. The number of piperidine rings is 4. The van der Waals surface area contributed by atoms with Gasteiger partial charge < -0.3 is 30.4 Å².